The Balaban J connectivity index is 1.53. The minimum Gasteiger partial charge on any atom is -0.361 e. The summed E-state index contributed by atoms with van der Waals surface area (Å²) < 4.78 is 0. The smallest absolute Gasteiger partial charge is 0.269 e. The number of aromatic amines is 1. The summed E-state index contributed by atoms with van der Waals surface area (Å²) in [7, 11) is 0. The van der Waals surface area contributed by atoms with Crippen LogP contribution in [0.3, 0.4) is 0 Å². The number of hydrogen-bond acceptors (Lipinski definition) is 3. The van der Waals surface area contributed by atoms with Gasteiger partial charge in [0.05, 0.1) is 11.3 Å². The molecule has 6 nitrogen and oxygen atoms in total. The fraction of sp³-hybridized carbons (Fsp3) is 0.211. The van der Waals surface area contributed by atoms with Crippen LogP contribution in [0, 0.1) is 17.0 Å². The average molecular weight is 337 g/mol. The predicted molar refractivity (Wildman–Crippen MR) is 96.5 cm³/mol. The fourth-order valence-corrected chi connectivity index (χ4v) is 2.82. The van der Waals surface area contributed by atoms with E-state index in [1.165, 1.54) is 28.6 Å². The van der Waals surface area contributed by atoms with Crippen LogP contribution in [0.4, 0.5) is 5.69 Å². The maximum absolute atomic E-state index is 12.0. The molecule has 128 valence electrons. The number of H-pyrrole nitrogens is 1. The molecule has 0 saturated heterocycles. The summed E-state index contributed by atoms with van der Waals surface area (Å²) in [5.74, 6) is -0.0927. The number of rotatable bonds is 6. The highest BCUT2D eigenvalue weighted by atomic mass is 16.6. The first-order valence-corrected chi connectivity index (χ1v) is 8.09. The van der Waals surface area contributed by atoms with E-state index >= 15 is 0 Å². The second kappa shape index (κ2) is 7.17. The minimum absolute atomic E-state index is 0.0267. The van der Waals surface area contributed by atoms with Gasteiger partial charge in [-0.3, -0.25) is 14.9 Å². The van der Waals surface area contributed by atoms with Gasteiger partial charge in [0.1, 0.15) is 0 Å². The normalized spacial score (nSPS) is 10.8. The molecule has 0 aliphatic heterocycles. The summed E-state index contributed by atoms with van der Waals surface area (Å²) in [6.45, 7) is 2.61. The predicted octanol–water partition coefficient (Wildman–Crippen LogP) is 3.29. The zero-order chi connectivity index (χ0) is 17.8. The number of hydrogen-bond donors (Lipinski definition) is 2. The van der Waals surface area contributed by atoms with E-state index in [0.717, 1.165) is 17.5 Å². The molecule has 2 aromatic carbocycles. The minimum atomic E-state index is -0.452. The molecule has 2 N–H and O–H groups in total. The lowest BCUT2D eigenvalue weighted by Gasteiger charge is -2.05. The van der Waals surface area contributed by atoms with Gasteiger partial charge in [0, 0.05) is 35.8 Å². The van der Waals surface area contributed by atoms with Gasteiger partial charge in [-0.2, -0.15) is 0 Å². The van der Waals surface area contributed by atoms with Crippen LogP contribution in [0.2, 0.25) is 0 Å². The molecule has 3 rings (SSSR count). The third kappa shape index (κ3) is 4.03. The van der Waals surface area contributed by atoms with Gasteiger partial charge in [0.15, 0.2) is 0 Å². The maximum atomic E-state index is 12.0. The Kier molecular flexibility index (Phi) is 4.79. The van der Waals surface area contributed by atoms with Crippen molar-refractivity contribution in [3.05, 3.63) is 75.5 Å². The summed E-state index contributed by atoms with van der Waals surface area (Å²) >= 11 is 0. The SMILES string of the molecule is Cc1ccc2[nH]cc(CCNC(=O)Cc3ccc([N+](=O)[O-])cc3)c2c1. The maximum Gasteiger partial charge on any atom is 0.269 e. The highest BCUT2D eigenvalue weighted by Crippen LogP contribution is 2.19. The number of non-ortho nitro benzene ring substituents is 1. The number of aryl methyl sites for hydroxylation is 1. The lowest BCUT2D eigenvalue weighted by atomic mass is 10.1. The van der Waals surface area contributed by atoms with Crippen molar-refractivity contribution in [1.29, 1.82) is 0 Å². The molecule has 0 spiro atoms. The van der Waals surface area contributed by atoms with E-state index < -0.39 is 4.92 Å². The number of benzene rings is 2. The molecule has 0 radical (unpaired) electrons. The Morgan fingerprint density at radius 1 is 1.20 bits per heavy atom. The molecule has 1 heterocycles. The monoisotopic (exact) mass is 337 g/mol. The van der Waals surface area contributed by atoms with Crippen LogP contribution in [0.1, 0.15) is 16.7 Å². The molecule has 0 aliphatic rings. The van der Waals surface area contributed by atoms with Gasteiger partial charge < -0.3 is 10.3 Å². The molecule has 1 aromatic heterocycles. The Morgan fingerprint density at radius 2 is 1.96 bits per heavy atom. The van der Waals surface area contributed by atoms with Crippen molar-refractivity contribution in [3.8, 4) is 0 Å². The van der Waals surface area contributed by atoms with Crippen molar-refractivity contribution >= 4 is 22.5 Å². The number of nitro groups is 1. The molecular weight excluding hydrogens is 318 g/mol. The van der Waals surface area contributed by atoms with Gasteiger partial charge in [-0.15, -0.1) is 0 Å². The van der Waals surface area contributed by atoms with Crippen molar-refractivity contribution in [2.75, 3.05) is 6.54 Å². The molecule has 25 heavy (non-hydrogen) atoms. The summed E-state index contributed by atoms with van der Waals surface area (Å²) in [6, 6.07) is 12.3. The second-order valence-electron chi connectivity index (χ2n) is 6.06. The van der Waals surface area contributed by atoms with Crippen LogP contribution in [0.5, 0.6) is 0 Å². The van der Waals surface area contributed by atoms with Crippen molar-refractivity contribution in [2.24, 2.45) is 0 Å². The quantitative estimate of drug-likeness (QED) is 0.534. The van der Waals surface area contributed by atoms with Gasteiger partial charge >= 0.3 is 0 Å². The van der Waals surface area contributed by atoms with Gasteiger partial charge in [-0.05, 0) is 36.6 Å². The number of nitro benzene ring substituents is 1. The molecule has 0 fully saturated rings. The number of aromatic nitrogens is 1. The number of fused-ring (bicyclic) bond motifs is 1. The van der Waals surface area contributed by atoms with Crippen LogP contribution in [0.15, 0.2) is 48.7 Å². The first-order chi connectivity index (χ1) is 12.0. The van der Waals surface area contributed by atoms with Gasteiger partial charge in [0.2, 0.25) is 5.91 Å². The van der Waals surface area contributed by atoms with Crippen LogP contribution in [-0.2, 0) is 17.6 Å². The third-order valence-corrected chi connectivity index (χ3v) is 4.15. The van der Waals surface area contributed by atoms with Crippen LogP contribution in [-0.4, -0.2) is 22.4 Å². The van der Waals surface area contributed by atoms with E-state index in [1.807, 2.05) is 6.20 Å². The molecule has 3 aromatic rings. The standard InChI is InChI=1S/C19H19N3O3/c1-13-2-7-18-17(10-13)15(12-21-18)8-9-20-19(23)11-14-3-5-16(6-4-14)22(24)25/h2-7,10,12,21H,8-9,11H2,1H3,(H,20,23). The summed E-state index contributed by atoms with van der Waals surface area (Å²) in [6.07, 6.45) is 2.94. The van der Waals surface area contributed by atoms with E-state index in [1.54, 1.807) is 12.1 Å². The van der Waals surface area contributed by atoms with Gasteiger partial charge in [-0.25, -0.2) is 0 Å². The van der Waals surface area contributed by atoms with E-state index in [2.05, 4.69) is 35.4 Å². The van der Waals surface area contributed by atoms with Crippen molar-refractivity contribution in [1.82, 2.24) is 10.3 Å². The van der Waals surface area contributed by atoms with Crippen molar-refractivity contribution in [3.63, 3.8) is 0 Å². The fourth-order valence-electron chi connectivity index (χ4n) is 2.82. The van der Waals surface area contributed by atoms with Crippen LogP contribution in [0.25, 0.3) is 10.9 Å². The molecule has 0 atom stereocenters. The molecule has 0 aliphatic carbocycles. The zero-order valence-electron chi connectivity index (χ0n) is 13.9. The zero-order valence-corrected chi connectivity index (χ0v) is 13.9. The van der Waals surface area contributed by atoms with Gasteiger partial charge in [-0.1, -0.05) is 23.8 Å². The number of nitrogens with zero attached hydrogens (tertiary/aromatic N) is 1. The summed E-state index contributed by atoms with van der Waals surface area (Å²) in [5.41, 5.74) is 4.26. The first-order valence-electron chi connectivity index (χ1n) is 8.09. The lowest BCUT2D eigenvalue weighted by Crippen LogP contribution is -2.27. The summed E-state index contributed by atoms with van der Waals surface area (Å²) in [5, 5.41) is 14.7. The topological polar surface area (TPSA) is 88.0 Å². The molecule has 0 unspecified atom stereocenters. The Labute approximate surface area is 145 Å². The van der Waals surface area contributed by atoms with Crippen LogP contribution < -0.4 is 5.32 Å². The van der Waals surface area contributed by atoms with E-state index in [-0.39, 0.29) is 18.0 Å². The lowest BCUT2D eigenvalue weighted by molar-refractivity contribution is -0.384. The Hall–Kier alpha value is -3.15. The largest absolute Gasteiger partial charge is 0.361 e. The highest BCUT2D eigenvalue weighted by Gasteiger charge is 2.08. The average Bonchev–Trinajstić information content (AvgIpc) is 2.97. The number of carbonyl (C=O) groups excluding carboxylic acids is 1. The third-order valence-electron chi connectivity index (χ3n) is 4.15. The highest BCUT2D eigenvalue weighted by molar-refractivity contribution is 5.84. The molecular formula is C19H19N3O3. The number of nitrogens with one attached hydrogen (secondary N) is 2. The van der Waals surface area contributed by atoms with E-state index in [9.17, 15) is 14.9 Å². The number of amides is 1. The first kappa shape index (κ1) is 16.7. The Bertz CT molecular complexity index is 913. The van der Waals surface area contributed by atoms with Crippen LogP contribution >= 0.6 is 0 Å². The molecule has 6 heteroatoms. The summed E-state index contributed by atoms with van der Waals surface area (Å²) in [4.78, 5) is 25.4. The number of carbonyl (C=O) groups is 1. The van der Waals surface area contributed by atoms with Gasteiger partial charge in [0.25, 0.3) is 5.69 Å². The molecule has 0 bridgehead atoms. The van der Waals surface area contributed by atoms with Crippen molar-refractivity contribution < 1.29 is 9.72 Å². The van der Waals surface area contributed by atoms with E-state index in [0.29, 0.717) is 6.54 Å². The van der Waals surface area contributed by atoms with E-state index in [4.69, 9.17) is 0 Å². The Morgan fingerprint density at radius 3 is 2.68 bits per heavy atom. The second-order valence-corrected chi connectivity index (χ2v) is 6.06. The molecule has 1 amide bonds. The van der Waals surface area contributed by atoms with Crippen molar-refractivity contribution in [2.45, 2.75) is 19.8 Å². The molecule has 0 saturated carbocycles.